The number of para-hydroxylation sites is 1. The zero-order valence-corrected chi connectivity index (χ0v) is 15.3. The van der Waals surface area contributed by atoms with Gasteiger partial charge in [0, 0.05) is 34.6 Å². The fourth-order valence-corrected chi connectivity index (χ4v) is 3.18. The average Bonchev–Trinajstić information content (AvgIpc) is 3.13. The van der Waals surface area contributed by atoms with Crippen molar-refractivity contribution in [2.45, 2.75) is 19.9 Å². The Hall–Kier alpha value is -3.74. The molecule has 0 aliphatic rings. The van der Waals surface area contributed by atoms with E-state index in [2.05, 4.69) is 20.6 Å². The molecule has 1 amide bonds. The number of carbonyl (C=O) groups excluding carboxylic acids is 1. The predicted molar refractivity (Wildman–Crippen MR) is 110 cm³/mol. The minimum atomic E-state index is -0.461. The van der Waals surface area contributed by atoms with Crippen LogP contribution in [0.1, 0.15) is 29.4 Å². The SMILES string of the molecule is CCCn1nc(C(=O)N/N=C/c2c[nH]c3ccccc23)c2ccccc2c1=O. The second-order valence-electron chi connectivity index (χ2n) is 6.41. The molecule has 0 atom stereocenters. The zero-order chi connectivity index (χ0) is 19.5. The molecular weight excluding hydrogens is 354 g/mol. The molecule has 4 rings (SSSR count). The first-order chi connectivity index (χ1) is 13.7. The summed E-state index contributed by atoms with van der Waals surface area (Å²) in [5.74, 6) is -0.461. The number of nitrogens with one attached hydrogen (secondary N) is 2. The lowest BCUT2D eigenvalue weighted by atomic mass is 10.1. The molecule has 7 nitrogen and oxygen atoms in total. The number of aromatic amines is 1. The van der Waals surface area contributed by atoms with Crippen molar-refractivity contribution in [3.8, 4) is 0 Å². The number of H-pyrrole nitrogens is 1. The van der Waals surface area contributed by atoms with Gasteiger partial charge in [-0.15, -0.1) is 0 Å². The van der Waals surface area contributed by atoms with E-state index in [-0.39, 0.29) is 11.3 Å². The molecule has 4 aromatic rings. The van der Waals surface area contributed by atoms with Gasteiger partial charge in [0.15, 0.2) is 5.69 Å². The summed E-state index contributed by atoms with van der Waals surface area (Å²) in [6.45, 7) is 2.40. The van der Waals surface area contributed by atoms with E-state index < -0.39 is 5.91 Å². The number of nitrogens with zero attached hydrogens (tertiary/aromatic N) is 3. The van der Waals surface area contributed by atoms with E-state index in [0.29, 0.717) is 17.3 Å². The lowest BCUT2D eigenvalue weighted by Crippen LogP contribution is -2.29. The fraction of sp³-hybridized carbons (Fsp3) is 0.143. The van der Waals surface area contributed by atoms with Crippen LogP contribution in [0.25, 0.3) is 21.7 Å². The quantitative estimate of drug-likeness (QED) is 0.416. The Morgan fingerprint density at radius 1 is 1.14 bits per heavy atom. The number of amides is 1. The topological polar surface area (TPSA) is 92.1 Å². The van der Waals surface area contributed by atoms with Gasteiger partial charge in [0.05, 0.1) is 11.6 Å². The maximum Gasteiger partial charge on any atom is 0.292 e. The second kappa shape index (κ2) is 7.48. The van der Waals surface area contributed by atoms with Crippen molar-refractivity contribution < 1.29 is 4.79 Å². The molecule has 28 heavy (non-hydrogen) atoms. The third kappa shape index (κ3) is 3.18. The molecule has 0 unspecified atom stereocenters. The van der Waals surface area contributed by atoms with Crippen molar-refractivity contribution in [3.63, 3.8) is 0 Å². The molecule has 2 aromatic carbocycles. The van der Waals surface area contributed by atoms with Crippen molar-refractivity contribution in [1.82, 2.24) is 20.2 Å². The van der Waals surface area contributed by atoms with E-state index in [0.717, 1.165) is 22.9 Å². The number of aromatic nitrogens is 3. The summed E-state index contributed by atoms with van der Waals surface area (Å²) in [5.41, 5.74) is 4.36. The molecule has 140 valence electrons. The molecule has 0 aliphatic carbocycles. The molecule has 0 radical (unpaired) electrons. The largest absolute Gasteiger partial charge is 0.361 e. The Balaban J connectivity index is 1.65. The highest BCUT2D eigenvalue weighted by molar-refractivity contribution is 6.05. The molecule has 2 heterocycles. The molecule has 0 aliphatic heterocycles. The van der Waals surface area contributed by atoms with Crippen LogP contribution in [-0.4, -0.2) is 26.9 Å². The van der Waals surface area contributed by atoms with E-state index in [1.165, 1.54) is 4.68 Å². The number of fused-ring (bicyclic) bond motifs is 2. The van der Waals surface area contributed by atoms with Crippen molar-refractivity contribution in [2.75, 3.05) is 0 Å². The number of hydrogen-bond acceptors (Lipinski definition) is 4. The lowest BCUT2D eigenvalue weighted by molar-refractivity contribution is 0.0949. The smallest absolute Gasteiger partial charge is 0.292 e. The average molecular weight is 373 g/mol. The van der Waals surface area contributed by atoms with Gasteiger partial charge < -0.3 is 4.98 Å². The minimum absolute atomic E-state index is 0.180. The standard InChI is InChI=1S/C21H19N5O2/c1-2-11-26-21(28)17-9-4-3-8-16(17)19(25-26)20(27)24-23-13-14-12-22-18-10-6-5-7-15(14)18/h3-10,12-13,22H,2,11H2,1H3,(H,24,27)/b23-13+. The minimum Gasteiger partial charge on any atom is -0.361 e. The Bertz CT molecular complexity index is 1250. The number of benzene rings is 2. The van der Waals surface area contributed by atoms with Crippen LogP contribution in [0.4, 0.5) is 0 Å². The van der Waals surface area contributed by atoms with Crippen LogP contribution >= 0.6 is 0 Å². The van der Waals surface area contributed by atoms with Gasteiger partial charge in [-0.3, -0.25) is 9.59 Å². The van der Waals surface area contributed by atoms with Crippen LogP contribution in [0, 0.1) is 0 Å². The number of hydrogen-bond donors (Lipinski definition) is 2. The molecule has 7 heteroatoms. The van der Waals surface area contributed by atoms with Gasteiger partial charge in [0.2, 0.25) is 0 Å². The van der Waals surface area contributed by atoms with Crippen molar-refractivity contribution in [2.24, 2.45) is 5.10 Å². The van der Waals surface area contributed by atoms with Crippen LogP contribution in [0.3, 0.4) is 0 Å². The number of rotatable bonds is 5. The number of aryl methyl sites for hydroxylation is 1. The Labute approximate surface area is 160 Å². The normalized spacial score (nSPS) is 11.5. The van der Waals surface area contributed by atoms with Gasteiger partial charge in [-0.25, -0.2) is 10.1 Å². The van der Waals surface area contributed by atoms with Gasteiger partial charge in [0.1, 0.15) is 0 Å². The summed E-state index contributed by atoms with van der Waals surface area (Å²) in [4.78, 5) is 28.4. The van der Waals surface area contributed by atoms with Gasteiger partial charge in [-0.2, -0.15) is 10.2 Å². The molecule has 0 saturated carbocycles. The first-order valence-corrected chi connectivity index (χ1v) is 9.08. The van der Waals surface area contributed by atoms with Crippen LogP contribution in [0.5, 0.6) is 0 Å². The Morgan fingerprint density at radius 3 is 2.64 bits per heavy atom. The van der Waals surface area contributed by atoms with E-state index in [1.54, 1.807) is 30.5 Å². The van der Waals surface area contributed by atoms with Crippen LogP contribution < -0.4 is 11.0 Å². The first kappa shape index (κ1) is 17.7. The molecule has 0 bridgehead atoms. The lowest BCUT2D eigenvalue weighted by Gasteiger charge is -2.09. The zero-order valence-electron chi connectivity index (χ0n) is 15.3. The summed E-state index contributed by atoms with van der Waals surface area (Å²) in [7, 11) is 0. The maximum atomic E-state index is 12.7. The number of hydrazone groups is 1. The van der Waals surface area contributed by atoms with Gasteiger partial charge in [-0.1, -0.05) is 43.3 Å². The van der Waals surface area contributed by atoms with Gasteiger partial charge in [0.25, 0.3) is 11.5 Å². The van der Waals surface area contributed by atoms with E-state index in [1.807, 2.05) is 37.4 Å². The Morgan fingerprint density at radius 2 is 1.86 bits per heavy atom. The molecule has 0 spiro atoms. The van der Waals surface area contributed by atoms with Crippen molar-refractivity contribution >= 4 is 33.8 Å². The summed E-state index contributed by atoms with van der Waals surface area (Å²) < 4.78 is 1.33. The van der Waals surface area contributed by atoms with E-state index >= 15 is 0 Å². The molecular formula is C21H19N5O2. The summed E-state index contributed by atoms with van der Waals surface area (Å²) >= 11 is 0. The molecule has 0 saturated heterocycles. The predicted octanol–water partition coefficient (Wildman–Crippen LogP) is 3.05. The molecule has 2 N–H and O–H groups in total. The summed E-state index contributed by atoms with van der Waals surface area (Å²) in [6.07, 6.45) is 4.15. The fourth-order valence-electron chi connectivity index (χ4n) is 3.18. The third-order valence-corrected chi connectivity index (χ3v) is 4.51. The highest BCUT2D eigenvalue weighted by Crippen LogP contribution is 2.16. The van der Waals surface area contributed by atoms with E-state index in [4.69, 9.17) is 0 Å². The summed E-state index contributed by atoms with van der Waals surface area (Å²) in [5, 5.41) is 10.3. The third-order valence-electron chi connectivity index (χ3n) is 4.51. The van der Waals surface area contributed by atoms with Crippen molar-refractivity contribution in [3.05, 3.63) is 76.3 Å². The van der Waals surface area contributed by atoms with Crippen molar-refractivity contribution in [1.29, 1.82) is 0 Å². The second-order valence-corrected chi connectivity index (χ2v) is 6.41. The molecule has 2 aromatic heterocycles. The van der Waals surface area contributed by atoms with E-state index in [9.17, 15) is 9.59 Å². The highest BCUT2D eigenvalue weighted by atomic mass is 16.2. The summed E-state index contributed by atoms with van der Waals surface area (Å²) in [6, 6.07) is 14.8. The van der Waals surface area contributed by atoms with Gasteiger partial charge in [-0.05, 0) is 18.6 Å². The first-order valence-electron chi connectivity index (χ1n) is 9.08. The monoisotopic (exact) mass is 373 g/mol. The Kier molecular flexibility index (Phi) is 4.72. The molecule has 0 fully saturated rings. The van der Waals surface area contributed by atoms with Crippen LogP contribution in [0.2, 0.25) is 0 Å². The maximum absolute atomic E-state index is 12.7. The van der Waals surface area contributed by atoms with Crippen LogP contribution in [-0.2, 0) is 6.54 Å². The van der Waals surface area contributed by atoms with Crippen LogP contribution in [0.15, 0.2) is 64.6 Å². The highest BCUT2D eigenvalue weighted by Gasteiger charge is 2.16. The number of carbonyl (C=O) groups is 1. The van der Waals surface area contributed by atoms with Gasteiger partial charge >= 0.3 is 0 Å².